The van der Waals surface area contributed by atoms with Gasteiger partial charge >= 0.3 is 0 Å². The maximum absolute atomic E-state index is 12.6. The molecule has 11 heteroatoms. The molecule has 4 aromatic carbocycles. The smallest absolute Gasteiger partial charge is 0.251 e. The Kier molecular flexibility index (Phi) is 14.3. The molecule has 0 aliphatic carbocycles. The van der Waals surface area contributed by atoms with Gasteiger partial charge in [-0.15, -0.1) is 0 Å². The molecule has 1 fully saturated rings. The van der Waals surface area contributed by atoms with E-state index in [-0.39, 0.29) is 30.6 Å². The van der Waals surface area contributed by atoms with E-state index in [2.05, 4.69) is 16.7 Å². The lowest BCUT2D eigenvalue weighted by Gasteiger charge is -2.36. The van der Waals surface area contributed by atoms with E-state index in [4.69, 9.17) is 15.2 Å². The van der Waals surface area contributed by atoms with Crippen LogP contribution in [0.25, 0.3) is 11.1 Å². The van der Waals surface area contributed by atoms with E-state index >= 15 is 0 Å². The first kappa shape index (κ1) is 39.5. The minimum atomic E-state index is -0.605. The second-order valence-electron chi connectivity index (χ2n) is 13.7. The molecule has 0 radical (unpaired) electrons. The molecular weight excluding hydrogens is 713 g/mol. The lowest BCUT2D eigenvalue weighted by atomic mass is 9.99. The molecular formula is C44H48N4O6S. The number of ether oxygens (including phenoxy) is 2. The molecule has 55 heavy (non-hydrogen) atoms. The van der Waals surface area contributed by atoms with E-state index < -0.39 is 6.29 Å². The number of nitrogens with one attached hydrogen (secondary N) is 2. The van der Waals surface area contributed by atoms with Gasteiger partial charge in [0.1, 0.15) is 0 Å². The van der Waals surface area contributed by atoms with E-state index in [9.17, 15) is 19.9 Å². The van der Waals surface area contributed by atoms with Crippen LogP contribution in [0, 0.1) is 5.21 Å². The first-order valence-corrected chi connectivity index (χ1v) is 19.7. The van der Waals surface area contributed by atoms with Gasteiger partial charge in [0.25, 0.3) is 5.03 Å². The molecule has 0 spiro atoms. The summed E-state index contributed by atoms with van der Waals surface area (Å²) in [7, 11) is 0. The Morgan fingerprint density at radius 2 is 1.51 bits per heavy atom. The summed E-state index contributed by atoms with van der Waals surface area (Å²) in [5.74, 6) is 0.542. The second kappa shape index (κ2) is 19.9. The number of thioether (sulfide) groups is 1. The lowest BCUT2D eigenvalue weighted by molar-refractivity contribution is -0.645. The summed E-state index contributed by atoms with van der Waals surface area (Å²) >= 11 is 1.46. The van der Waals surface area contributed by atoms with Crippen LogP contribution >= 0.6 is 11.8 Å². The normalized spacial score (nSPS) is 16.7. The Morgan fingerprint density at radius 3 is 2.25 bits per heavy atom. The summed E-state index contributed by atoms with van der Waals surface area (Å²) in [6.07, 6.45) is 5.27. The Balaban J connectivity index is 0.984. The Bertz CT molecular complexity index is 2010. The number of anilines is 2. The van der Waals surface area contributed by atoms with Crippen molar-refractivity contribution in [2.24, 2.45) is 0 Å². The zero-order valence-electron chi connectivity index (χ0n) is 30.8. The van der Waals surface area contributed by atoms with Crippen molar-refractivity contribution in [1.82, 2.24) is 5.32 Å². The molecule has 1 aromatic heterocycles. The summed E-state index contributed by atoms with van der Waals surface area (Å²) in [4.78, 5) is 24.8. The number of unbranched alkanes of at least 4 members (excludes halogenated alkanes) is 3. The molecule has 6 rings (SSSR count). The third-order valence-electron chi connectivity index (χ3n) is 9.55. The largest absolute Gasteiger partial charge is 0.618 e. The number of aliphatic hydroxyl groups excluding tert-OH is 1. The minimum absolute atomic E-state index is 0.00914. The molecule has 5 N–H and O–H groups in total. The number of carbonyl (C=O) groups excluding carboxylic acids is 2. The monoisotopic (exact) mass is 760 g/mol. The predicted octanol–water partition coefficient (Wildman–Crippen LogP) is 7.99. The number of nitrogen functional groups attached to an aromatic ring is 1. The fourth-order valence-electron chi connectivity index (χ4n) is 6.46. The van der Waals surface area contributed by atoms with Crippen molar-refractivity contribution in [3.63, 3.8) is 0 Å². The van der Waals surface area contributed by atoms with Gasteiger partial charge in [0, 0.05) is 49.3 Å². The van der Waals surface area contributed by atoms with Crippen LogP contribution in [0.5, 0.6) is 0 Å². The number of pyridine rings is 1. The first-order chi connectivity index (χ1) is 26.8. The Labute approximate surface area is 326 Å². The third kappa shape index (κ3) is 11.6. The third-order valence-corrected chi connectivity index (χ3v) is 10.7. The zero-order chi connectivity index (χ0) is 38.4. The summed E-state index contributed by atoms with van der Waals surface area (Å²) in [5.41, 5.74) is 12.9. The van der Waals surface area contributed by atoms with Crippen molar-refractivity contribution in [3.05, 3.63) is 149 Å². The maximum Gasteiger partial charge on any atom is 0.251 e. The highest BCUT2D eigenvalue weighted by molar-refractivity contribution is 7.99. The van der Waals surface area contributed by atoms with E-state index in [0.29, 0.717) is 48.0 Å². The number of amides is 2. The van der Waals surface area contributed by atoms with Crippen LogP contribution in [-0.4, -0.2) is 28.8 Å². The first-order valence-electron chi connectivity index (χ1n) is 18.8. The molecule has 1 aliphatic rings. The standard InChI is InChI=1S/C44H48N4O6S/c45-38-12-5-6-13-39(38)47-42(51)15-4-2-1-3-14-41(50)46-28-32-10-9-11-36(26-32)33-21-23-35(24-22-33)44-53-37(30-55-43-16-7-8-25-48(43)52)27-40(54-44)34-19-17-31(29-49)18-20-34/h5-13,16-26,37,40,44,49H,1-4,14-15,27-30,45H2,(H,46,50)(H,47,51)/t37-,40+,44+/m1/s1. The quantitative estimate of drug-likeness (QED) is 0.0245. The molecule has 1 aliphatic heterocycles. The maximum atomic E-state index is 12.6. The fraction of sp³-hybridized carbons (Fsp3) is 0.295. The summed E-state index contributed by atoms with van der Waals surface area (Å²) in [5, 5.41) is 28.3. The average molecular weight is 761 g/mol. The van der Waals surface area contributed by atoms with Crippen LogP contribution < -0.4 is 21.1 Å². The zero-order valence-corrected chi connectivity index (χ0v) is 31.6. The minimum Gasteiger partial charge on any atom is -0.618 e. The molecule has 10 nitrogen and oxygen atoms in total. The predicted molar refractivity (Wildman–Crippen MR) is 215 cm³/mol. The van der Waals surface area contributed by atoms with Crippen LogP contribution in [0.15, 0.2) is 126 Å². The van der Waals surface area contributed by atoms with E-state index in [1.807, 2.05) is 84.9 Å². The van der Waals surface area contributed by atoms with Gasteiger partial charge in [-0.25, -0.2) is 0 Å². The molecule has 2 amide bonds. The molecule has 3 atom stereocenters. The van der Waals surface area contributed by atoms with Gasteiger partial charge < -0.3 is 36.2 Å². The number of nitrogens with zero attached hydrogens (tertiary/aromatic N) is 1. The number of hydrogen-bond donors (Lipinski definition) is 4. The molecule has 1 saturated heterocycles. The summed E-state index contributed by atoms with van der Waals surface area (Å²) < 4.78 is 13.9. The van der Waals surface area contributed by atoms with E-state index in [1.54, 1.807) is 24.3 Å². The van der Waals surface area contributed by atoms with Crippen molar-refractivity contribution in [1.29, 1.82) is 0 Å². The Hall–Kier alpha value is -5.20. The SMILES string of the molecule is Nc1ccccc1NC(=O)CCCCCCC(=O)NCc1cccc(-c2ccc([C@H]3O[C@@H](CSc4cccc[n+]4[O-])C[C@@H](c4ccc(CO)cc4)O3)cc2)c1. The van der Waals surface area contributed by atoms with E-state index in [0.717, 1.165) is 63.8 Å². The lowest BCUT2D eigenvalue weighted by Crippen LogP contribution is -2.32. The molecule has 5 aromatic rings. The van der Waals surface area contributed by atoms with Gasteiger partial charge in [0.05, 0.1) is 30.2 Å². The van der Waals surface area contributed by atoms with Crippen molar-refractivity contribution in [2.45, 2.75) is 81.6 Å². The summed E-state index contributed by atoms with van der Waals surface area (Å²) in [6, 6.07) is 36.6. The highest BCUT2D eigenvalue weighted by Crippen LogP contribution is 2.39. The second-order valence-corrected chi connectivity index (χ2v) is 14.7. The van der Waals surface area contributed by atoms with E-state index in [1.165, 1.54) is 18.0 Å². The number of aliphatic hydroxyl groups is 1. The van der Waals surface area contributed by atoms with Crippen molar-refractivity contribution in [2.75, 3.05) is 16.8 Å². The number of carbonyl (C=O) groups is 2. The fourth-order valence-corrected chi connectivity index (χ4v) is 7.39. The van der Waals surface area contributed by atoms with Gasteiger partial charge in [0.15, 0.2) is 12.5 Å². The van der Waals surface area contributed by atoms with Gasteiger partial charge in [-0.1, -0.05) is 103 Å². The highest BCUT2D eigenvalue weighted by Gasteiger charge is 2.32. The number of benzene rings is 4. The number of aromatic nitrogens is 1. The average Bonchev–Trinajstić information content (AvgIpc) is 3.22. The van der Waals surface area contributed by atoms with Gasteiger partial charge in [-0.05, 0) is 64.9 Å². The number of para-hydroxylation sites is 2. The van der Waals surface area contributed by atoms with Crippen LogP contribution in [-0.2, 0) is 32.2 Å². The van der Waals surface area contributed by atoms with Gasteiger partial charge in [-0.2, -0.15) is 4.73 Å². The molecule has 0 saturated carbocycles. The van der Waals surface area contributed by atoms with Crippen molar-refractivity contribution >= 4 is 35.0 Å². The van der Waals surface area contributed by atoms with Crippen LogP contribution in [0.1, 0.15) is 79.6 Å². The summed E-state index contributed by atoms with van der Waals surface area (Å²) in [6.45, 7) is 0.415. The highest BCUT2D eigenvalue weighted by atomic mass is 32.2. The number of rotatable bonds is 17. The van der Waals surface area contributed by atoms with Crippen molar-refractivity contribution in [3.8, 4) is 11.1 Å². The van der Waals surface area contributed by atoms with Crippen LogP contribution in [0.3, 0.4) is 0 Å². The topological polar surface area (TPSA) is 150 Å². The van der Waals surface area contributed by atoms with Crippen LogP contribution in [0.4, 0.5) is 11.4 Å². The van der Waals surface area contributed by atoms with Crippen LogP contribution in [0.2, 0.25) is 0 Å². The Morgan fingerprint density at radius 1 is 0.782 bits per heavy atom. The number of hydrogen-bond acceptors (Lipinski definition) is 8. The molecule has 0 unspecified atom stereocenters. The van der Waals surface area contributed by atoms with Gasteiger partial charge in [0.2, 0.25) is 11.8 Å². The van der Waals surface area contributed by atoms with Gasteiger partial charge in [-0.3, -0.25) is 9.59 Å². The number of nitrogens with two attached hydrogens (primary N) is 1. The molecule has 286 valence electrons. The van der Waals surface area contributed by atoms with Crippen molar-refractivity contribution < 1.29 is 28.9 Å². The molecule has 0 bridgehead atoms. The molecule has 2 heterocycles.